The lowest BCUT2D eigenvalue weighted by Gasteiger charge is -2.62. The SMILES string of the molecule is CC(C)C(C)C=CC(C)C1CCC2C3=CC(O)C4CC(O)CCC4(C)C3(O)CCC21C. The quantitative estimate of drug-likeness (QED) is 0.516. The number of allylic oxidation sites excluding steroid dienone is 2. The summed E-state index contributed by atoms with van der Waals surface area (Å²) in [5.41, 5.74) is 0.146. The van der Waals surface area contributed by atoms with Crippen LogP contribution in [0.15, 0.2) is 23.8 Å². The van der Waals surface area contributed by atoms with Crippen LogP contribution in [-0.4, -0.2) is 33.1 Å². The van der Waals surface area contributed by atoms with E-state index in [-0.39, 0.29) is 22.9 Å². The zero-order chi connectivity index (χ0) is 22.8. The first-order valence-electron chi connectivity index (χ1n) is 12.9. The van der Waals surface area contributed by atoms with Gasteiger partial charge in [0.1, 0.15) is 0 Å². The van der Waals surface area contributed by atoms with E-state index < -0.39 is 11.7 Å². The Hall–Kier alpha value is -0.640. The molecule has 0 aromatic carbocycles. The van der Waals surface area contributed by atoms with E-state index in [0.717, 1.165) is 37.7 Å². The Kier molecular flexibility index (Phi) is 6.06. The summed E-state index contributed by atoms with van der Waals surface area (Å²) < 4.78 is 0. The molecule has 0 radical (unpaired) electrons. The lowest BCUT2D eigenvalue weighted by molar-refractivity contribution is -0.175. The maximum Gasteiger partial charge on any atom is 0.0917 e. The van der Waals surface area contributed by atoms with Gasteiger partial charge in [0.15, 0.2) is 0 Å². The molecule has 10 unspecified atom stereocenters. The topological polar surface area (TPSA) is 60.7 Å². The summed E-state index contributed by atoms with van der Waals surface area (Å²) in [5.74, 6) is 2.72. The van der Waals surface area contributed by atoms with Crippen molar-refractivity contribution in [2.24, 2.45) is 46.3 Å². The fraction of sp³-hybridized carbons (Fsp3) is 0.857. The van der Waals surface area contributed by atoms with E-state index in [1.54, 1.807) is 0 Å². The normalized spacial score (nSPS) is 49.4. The molecular weight excluding hydrogens is 384 g/mol. The van der Waals surface area contributed by atoms with Gasteiger partial charge in [-0.15, -0.1) is 0 Å². The minimum Gasteiger partial charge on any atom is -0.393 e. The molecule has 4 aliphatic rings. The van der Waals surface area contributed by atoms with Crippen molar-refractivity contribution in [3.05, 3.63) is 23.8 Å². The van der Waals surface area contributed by atoms with Gasteiger partial charge in [0.25, 0.3) is 0 Å². The molecule has 0 aliphatic heterocycles. The first-order chi connectivity index (χ1) is 14.4. The summed E-state index contributed by atoms with van der Waals surface area (Å²) in [6.45, 7) is 13.9. The predicted octanol–water partition coefficient (Wildman–Crippen LogP) is 5.50. The van der Waals surface area contributed by atoms with Crippen LogP contribution >= 0.6 is 0 Å². The van der Waals surface area contributed by atoms with Crippen LogP contribution in [-0.2, 0) is 0 Å². The van der Waals surface area contributed by atoms with Gasteiger partial charge in [-0.05, 0) is 91.4 Å². The number of aliphatic hydroxyl groups is 3. The molecule has 0 heterocycles. The average molecular weight is 431 g/mol. The molecule has 0 aromatic heterocycles. The molecule has 3 saturated carbocycles. The van der Waals surface area contributed by atoms with Gasteiger partial charge in [-0.3, -0.25) is 0 Å². The van der Waals surface area contributed by atoms with E-state index in [4.69, 9.17) is 0 Å². The van der Waals surface area contributed by atoms with Gasteiger partial charge in [0, 0.05) is 5.41 Å². The summed E-state index contributed by atoms with van der Waals surface area (Å²) in [5, 5.41) is 33.6. The van der Waals surface area contributed by atoms with Crippen molar-refractivity contribution < 1.29 is 15.3 Å². The number of fused-ring (bicyclic) bond motifs is 5. The van der Waals surface area contributed by atoms with Gasteiger partial charge in [-0.25, -0.2) is 0 Å². The molecule has 3 heteroatoms. The Balaban J connectivity index is 1.63. The molecule has 0 aromatic rings. The Labute approximate surface area is 190 Å². The molecule has 0 bridgehead atoms. The first kappa shape index (κ1) is 23.5. The number of hydrogen-bond acceptors (Lipinski definition) is 3. The van der Waals surface area contributed by atoms with Gasteiger partial charge in [0.05, 0.1) is 17.8 Å². The summed E-state index contributed by atoms with van der Waals surface area (Å²) >= 11 is 0. The lowest BCUT2D eigenvalue weighted by Crippen LogP contribution is -2.64. The molecule has 176 valence electrons. The van der Waals surface area contributed by atoms with Gasteiger partial charge in [-0.1, -0.05) is 59.8 Å². The van der Waals surface area contributed by atoms with Gasteiger partial charge in [0.2, 0.25) is 0 Å². The van der Waals surface area contributed by atoms with E-state index >= 15 is 0 Å². The van der Waals surface area contributed by atoms with E-state index in [0.29, 0.717) is 36.0 Å². The van der Waals surface area contributed by atoms with Crippen LogP contribution in [0, 0.1) is 46.3 Å². The van der Waals surface area contributed by atoms with Crippen molar-refractivity contribution >= 4 is 0 Å². The maximum absolute atomic E-state index is 12.2. The molecule has 0 amide bonds. The van der Waals surface area contributed by atoms with Crippen molar-refractivity contribution in [2.75, 3.05) is 0 Å². The fourth-order valence-corrected chi connectivity index (χ4v) is 8.11. The number of aliphatic hydroxyl groups excluding tert-OH is 2. The highest BCUT2D eigenvalue weighted by molar-refractivity contribution is 5.37. The van der Waals surface area contributed by atoms with Crippen LogP contribution in [0.25, 0.3) is 0 Å². The van der Waals surface area contributed by atoms with Crippen molar-refractivity contribution in [1.82, 2.24) is 0 Å². The molecule has 10 atom stereocenters. The summed E-state index contributed by atoms with van der Waals surface area (Å²) in [4.78, 5) is 0. The Bertz CT molecular complexity index is 741. The first-order valence-corrected chi connectivity index (χ1v) is 12.9. The summed E-state index contributed by atoms with van der Waals surface area (Å²) in [7, 11) is 0. The molecule has 31 heavy (non-hydrogen) atoms. The van der Waals surface area contributed by atoms with Crippen molar-refractivity contribution in [2.45, 2.75) is 104 Å². The number of rotatable bonds is 4. The zero-order valence-corrected chi connectivity index (χ0v) is 20.6. The Morgan fingerprint density at radius 3 is 2.35 bits per heavy atom. The van der Waals surface area contributed by atoms with Gasteiger partial charge in [-0.2, -0.15) is 0 Å². The molecule has 3 nitrogen and oxygen atoms in total. The molecule has 3 N–H and O–H groups in total. The van der Waals surface area contributed by atoms with Crippen molar-refractivity contribution in [3.63, 3.8) is 0 Å². The molecule has 3 fully saturated rings. The largest absolute Gasteiger partial charge is 0.393 e. The second-order valence-corrected chi connectivity index (χ2v) is 12.5. The standard InChI is InChI=1S/C28H46O3/c1-17(2)18(3)7-8-19(4)21-9-10-22-23-16-25(30)24-15-20(29)11-12-27(24,6)28(23,31)14-13-26(21,22)5/h7-8,16-22,24-25,29-31H,9-15H2,1-6H3. The molecule has 0 saturated heterocycles. The molecule has 0 spiro atoms. The maximum atomic E-state index is 12.2. The molecule has 4 aliphatic carbocycles. The van der Waals surface area contributed by atoms with Crippen LogP contribution < -0.4 is 0 Å². The smallest absolute Gasteiger partial charge is 0.0917 e. The highest BCUT2D eigenvalue weighted by Gasteiger charge is 2.65. The van der Waals surface area contributed by atoms with E-state index in [2.05, 4.69) is 53.7 Å². The highest BCUT2D eigenvalue weighted by Crippen LogP contribution is 2.68. The second kappa shape index (κ2) is 7.99. The molecule has 4 rings (SSSR count). The van der Waals surface area contributed by atoms with E-state index in [1.807, 2.05) is 6.08 Å². The predicted molar refractivity (Wildman–Crippen MR) is 126 cm³/mol. The monoisotopic (exact) mass is 430 g/mol. The zero-order valence-electron chi connectivity index (χ0n) is 20.6. The van der Waals surface area contributed by atoms with Crippen LogP contribution in [0.1, 0.15) is 86.5 Å². The van der Waals surface area contributed by atoms with Crippen LogP contribution in [0.2, 0.25) is 0 Å². The summed E-state index contributed by atoms with van der Waals surface area (Å²) in [6.07, 6.45) is 12.3. The van der Waals surface area contributed by atoms with E-state index in [1.165, 1.54) is 6.42 Å². The van der Waals surface area contributed by atoms with Crippen LogP contribution in [0.3, 0.4) is 0 Å². The third-order valence-electron chi connectivity index (χ3n) is 10.7. The highest BCUT2D eigenvalue weighted by atomic mass is 16.3. The third kappa shape index (κ3) is 3.49. The lowest BCUT2D eigenvalue weighted by atomic mass is 9.45. The third-order valence-corrected chi connectivity index (χ3v) is 10.7. The van der Waals surface area contributed by atoms with Crippen molar-refractivity contribution in [1.29, 1.82) is 0 Å². The Morgan fingerprint density at radius 2 is 1.68 bits per heavy atom. The average Bonchev–Trinajstić information content (AvgIpc) is 3.06. The molecular formula is C28H46O3. The second-order valence-electron chi connectivity index (χ2n) is 12.5. The van der Waals surface area contributed by atoms with Gasteiger partial charge >= 0.3 is 0 Å². The Morgan fingerprint density at radius 1 is 0.968 bits per heavy atom. The van der Waals surface area contributed by atoms with E-state index in [9.17, 15) is 15.3 Å². The number of hydrogen-bond donors (Lipinski definition) is 3. The van der Waals surface area contributed by atoms with Gasteiger partial charge < -0.3 is 15.3 Å². The van der Waals surface area contributed by atoms with Crippen LogP contribution in [0.4, 0.5) is 0 Å². The van der Waals surface area contributed by atoms with Crippen LogP contribution in [0.5, 0.6) is 0 Å². The summed E-state index contributed by atoms with van der Waals surface area (Å²) in [6, 6.07) is 0. The van der Waals surface area contributed by atoms with Crippen molar-refractivity contribution in [3.8, 4) is 0 Å². The minimum atomic E-state index is -0.832. The minimum absolute atomic E-state index is 0.0501. The fourth-order valence-electron chi connectivity index (χ4n) is 8.11.